The minimum atomic E-state index is -0.462. The number of halogens is 1. The molecule has 2 aromatic rings. The lowest BCUT2D eigenvalue weighted by Gasteiger charge is -2.08. The number of aromatic nitrogens is 2. The Balaban J connectivity index is 2.24. The molecule has 0 amide bonds. The zero-order chi connectivity index (χ0) is 13.1. The van der Waals surface area contributed by atoms with Gasteiger partial charge in [0.15, 0.2) is 5.16 Å². The number of hydrogen-bond donors (Lipinski definition) is 1. The van der Waals surface area contributed by atoms with Crippen LogP contribution in [0.2, 0.25) is 0 Å². The molecule has 1 heterocycles. The number of nitrogens with zero attached hydrogens (tertiary/aromatic N) is 2. The maximum atomic E-state index is 9.51. The van der Waals surface area contributed by atoms with E-state index in [1.165, 1.54) is 11.8 Å². The van der Waals surface area contributed by atoms with E-state index in [-0.39, 0.29) is 0 Å². The van der Waals surface area contributed by atoms with E-state index in [0.29, 0.717) is 0 Å². The Morgan fingerprint density at radius 1 is 1.33 bits per heavy atom. The third-order valence-electron chi connectivity index (χ3n) is 2.41. The molecule has 0 aliphatic heterocycles. The molecular formula is C13H13BrN2OS. The molecule has 0 saturated carbocycles. The molecule has 0 saturated heterocycles. The minimum Gasteiger partial charge on any atom is -0.389 e. The fraction of sp³-hybridized carbons (Fsp3) is 0.231. The molecule has 0 fully saturated rings. The van der Waals surface area contributed by atoms with Crippen LogP contribution < -0.4 is 0 Å². The molecule has 0 aliphatic rings. The highest BCUT2D eigenvalue weighted by Gasteiger charge is 2.08. The number of aryl methyl sites for hydroxylation is 1. The van der Waals surface area contributed by atoms with Crippen LogP contribution in [0.3, 0.4) is 0 Å². The van der Waals surface area contributed by atoms with E-state index in [2.05, 4.69) is 25.9 Å². The third-order valence-corrected chi connectivity index (χ3v) is 4.29. The Morgan fingerprint density at radius 3 is 2.72 bits per heavy atom. The van der Waals surface area contributed by atoms with Gasteiger partial charge in [0.25, 0.3) is 0 Å². The van der Waals surface area contributed by atoms with Crippen molar-refractivity contribution < 1.29 is 5.11 Å². The lowest BCUT2D eigenvalue weighted by Crippen LogP contribution is -1.92. The van der Waals surface area contributed by atoms with Crippen molar-refractivity contribution in [3.8, 4) is 0 Å². The largest absolute Gasteiger partial charge is 0.389 e. The van der Waals surface area contributed by atoms with Gasteiger partial charge >= 0.3 is 0 Å². The molecule has 1 aromatic heterocycles. The normalized spacial score (nSPS) is 12.4. The van der Waals surface area contributed by atoms with Gasteiger partial charge in [0.2, 0.25) is 0 Å². The average molecular weight is 325 g/mol. The monoisotopic (exact) mass is 324 g/mol. The quantitative estimate of drug-likeness (QED) is 0.873. The van der Waals surface area contributed by atoms with Gasteiger partial charge in [0.05, 0.1) is 6.10 Å². The molecule has 1 N–H and O–H groups in total. The number of rotatable bonds is 3. The number of hydrogen-bond acceptors (Lipinski definition) is 4. The van der Waals surface area contributed by atoms with Crippen molar-refractivity contribution in [1.29, 1.82) is 0 Å². The number of aliphatic hydroxyl groups is 1. The minimum absolute atomic E-state index is 0.462. The first-order valence-corrected chi connectivity index (χ1v) is 7.12. The van der Waals surface area contributed by atoms with E-state index >= 15 is 0 Å². The average Bonchev–Trinajstić information content (AvgIpc) is 2.31. The van der Waals surface area contributed by atoms with E-state index < -0.39 is 6.10 Å². The van der Waals surface area contributed by atoms with Crippen LogP contribution in [0, 0.1) is 6.92 Å². The van der Waals surface area contributed by atoms with E-state index in [4.69, 9.17) is 0 Å². The zero-order valence-corrected chi connectivity index (χ0v) is 12.5. The lowest BCUT2D eigenvalue weighted by molar-refractivity contribution is 0.199. The molecule has 94 valence electrons. The fourth-order valence-electron chi connectivity index (χ4n) is 1.43. The van der Waals surface area contributed by atoms with Crippen LogP contribution in [0.1, 0.15) is 24.3 Å². The van der Waals surface area contributed by atoms with Crippen LogP contribution >= 0.6 is 27.7 Å². The predicted octanol–water partition coefficient (Wildman–Crippen LogP) is 3.75. The van der Waals surface area contributed by atoms with Gasteiger partial charge in [-0.3, -0.25) is 0 Å². The molecular weight excluding hydrogens is 312 g/mol. The second kappa shape index (κ2) is 5.82. The Hall–Kier alpha value is -0.910. The number of benzene rings is 1. The van der Waals surface area contributed by atoms with Gasteiger partial charge in [-0.2, -0.15) is 0 Å². The van der Waals surface area contributed by atoms with E-state index in [0.717, 1.165) is 25.8 Å². The van der Waals surface area contributed by atoms with Crippen LogP contribution in [-0.4, -0.2) is 15.1 Å². The second-order valence-electron chi connectivity index (χ2n) is 3.95. The van der Waals surface area contributed by atoms with Crippen molar-refractivity contribution >= 4 is 27.7 Å². The molecule has 2 rings (SSSR count). The van der Waals surface area contributed by atoms with Crippen molar-refractivity contribution in [2.24, 2.45) is 0 Å². The molecule has 0 unspecified atom stereocenters. The van der Waals surface area contributed by atoms with E-state index in [1.807, 2.05) is 31.2 Å². The van der Waals surface area contributed by atoms with Crippen molar-refractivity contribution in [3.05, 3.63) is 46.2 Å². The molecule has 0 bridgehead atoms. The van der Waals surface area contributed by atoms with Gasteiger partial charge in [-0.05, 0) is 65.3 Å². The first-order chi connectivity index (χ1) is 8.56. The molecule has 0 aliphatic carbocycles. The van der Waals surface area contributed by atoms with Crippen LogP contribution in [-0.2, 0) is 0 Å². The van der Waals surface area contributed by atoms with Crippen molar-refractivity contribution in [2.45, 2.75) is 30.0 Å². The lowest BCUT2D eigenvalue weighted by atomic mass is 10.1. The van der Waals surface area contributed by atoms with Crippen LogP contribution in [0.5, 0.6) is 0 Å². The molecule has 5 heteroatoms. The summed E-state index contributed by atoms with van der Waals surface area (Å²) in [5, 5.41) is 10.2. The topological polar surface area (TPSA) is 46.0 Å². The molecule has 0 radical (unpaired) electrons. The first-order valence-electron chi connectivity index (χ1n) is 5.51. The molecule has 18 heavy (non-hydrogen) atoms. The summed E-state index contributed by atoms with van der Waals surface area (Å²) >= 11 is 5.00. The zero-order valence-electron chi connectivity index (χ0n) is 10.1. The van der Waals surface area contributed by atoms with Crippen LogP contribution in [0.15, 0.2) is 45.0 Å². The smallest absolute Gasteiger partial charge is 0.192 e. The Morgan fingerprint density at radius 2 is 2.11 bits per heavy atom. The van der Waals surface area contributed by atoms with Crippen molar-refractivity contribution in [1.82, 2.24) is 9.97 Å². The van der Waals surface area contributed by atoms with Gasteiger partial charge in [-0.1, -0.05) is 6.07 Å². The number of aliphatic hydroxyl groups excluding tert-OH is 1. The summed E-state index contributed by atoms with van der Waals surface area (Å²) in [6, 6.07) is 7.66. The summed E-state index contributed by atoms with van der Waals surface area (Å²) < 4.78 is 0.941. The Kier molecular flexibility index (Phi) is 4.37. The Bertz CT molecular complexity index is 560. The summed E-state index contributed by atoms with van der Waals surface area (Å²) in [5.41, 5.74) is 1.83. The molecule has 1 aromatic carbocycles. The summed E-state index contributed by atoms with van der Waals surface area (Å²) in [5.74, 6) is 0. The summed E-state index contributed by atoms with van der Waals surface area (Å²) in [4.78, 5) is 9.60. The van der Waals surface area contributed by atoms with Gasteiger partial charge in [-0.25, -0.2) is 9.97 Å². The van der Waals surface area contributed by atoms with Crippen molar-refractivity contribution in [2.75, 3.05) is 0 Å². The Labute approximate surface area is 119 Å². The third kappa shape index (κ3) is 3.31. The standard InChI is InChI=1S/C13H13BrN2OS/c1-8-5-6-15-13(16-8)18-12-4-3-10(9(2)17)7-11(12)14/h3-7,9,17H,1-2H3/t9-/m1/s1. The summed E-state index contributed by atoms with van der Waals surface area (Å²) in [6.07, 6.45) is 1.29. The van der Waals surface area contributed by atoms with E-state index in [9.17, 15) is 5.11 Å². The molecule has 0 spiro atoms. The molecule has 1 atom stereocenters. The van der Waals surface area contributed by atoms with Gasteiger partial charge in [0.1, 0.15) is 0 Å². The fourth-order valence-corrected chi connectivity index (χ4v) is 2.86. The highest BCUT2D eigenvalue weighted by molar-refractivity contribution is 9.10. The van der Waals surface area contributed by atoms with Gasteiger partial charge in [-0.15, -0.1) is 0 Å². The second-order valence-corrected chi connectivity index (χ2v) is 5.81. The van der Waals surface area contributed by atoms with Gasteiger partial charge in [0, 0.05) is 21.3 Å². The van der Waals surface area contributed by atoms with Crippen molar-refractivity contribution in [3.63, 3.8) is 0 Å². The van der Waals surface area contributed by atoms with Gasteiger partial charge < -0.3 is 5.11 Å². The maximum absolute atomic E-state index is 9.51. The summed E-state index contributed by atoms with van der Waals surface area (Å²) in [7, 11) is 0. The maximum Gasteiger partial charge on any atom is 0.192 e. The first kappa shape index (κ1) is 13.5. The predicted molar refractivity (Wildman–Crippen MR) is 75.7 cm³/mol. The van der Waals surface area contributed by atoms with Crippen LogP contribution in [0.25, 0.3) is 0 Å². The SMILES string of the molecule is Cc1ccnc(Sc2ccc([C@@H](C)O)cc2Br)n1. The highest BCUT2D eigenvalue weighted by atomic mass is 79.9. The summed E-state index contributed by atoms with van der Waals surface area (Å²) in [6.45, 7) is 3.69. The highest BCUT2D eigenvalue weighted by Crippen LogP contribution is 2.33. The van der Waals surface area contributed by atoms with E-state index in [1.54, 1.807) is 13.1 Å². The molecule has 3 nitrogen and oxygen atoms in total. The van der Waals surface area contributed by atoms with Crippen LogP contribution in [0.4, 0.5) is 0 Å².